The second-order valence-electron chi connectivity index (χ2n) is 1.90. The number of hydrogen-bond acceptors (Lipinski definition) is 4. The van der Waals surface area contributed by atoms with Crippen LogP contribution in [0, 0.1) is 5.41 Å². The zero-order valence-electron chi connectivity index (χ0n) is 7.24. The summed E-state index contributed by atoms with van der Waals surface area (Å²) in [6, 6.07) is 0. The Labute approximate surface area is 71.8 Å². The lowest BCUT2D eigenvalue weighted by atomic mass is 10.2. The van der Waals surface area contributed by atoms with Crippen molar-refractivity contribution in [3.05, 3.63) is 24.0 Å². The summed E-state index contributed by atoms with van der Waals surface area (Å²) in [4.78, 5) is 8.62. The molecule has 0 amide bonds. The Kier molecular flexibility index (Phi) is 7.22. The lowest BCUT2D eigenvalue weighted by Crippen LogP contribution is -1.84. The molecule has 0 aliphatic carbocycles. The van der Waals surface area contributed by atoms with Crippen molar-refractivity contribution in [2.24, 2.45) is 0 Å². The molecule has 0 saturated heterocycles. The molecule has 0 rings (SSSR count). The summed E-state index contributed by atoms with van der Waals surface area (Å²) in [7, 11) is 1.35. The van der Waals surface area contributed by atoms with Gasteiger partial charge in [-0.1, -0.05) is 6.92 Å². The van der Waals surface area contributed by atoms with Gasteiger partial charge in [0.1, 0.15) is 6.26 Å². The van der Waals surface area contributed by atoms with Crippen LogP contribution in [0.15, 0.2) is 24.0 Å². The second-order valence-corrected chi connectivity index (χ2v) is 1.90. The van der Waals surface area contributed by atoms with E-state index in [0.717, 1.165) is 12.0 Å². The minimum Gasteiger partial charge on any atom is -0.316 e. The molecule has 0 bridgehead atoms. The first-order valence-corrected chi connectivity index (χ1v) is 3.57. The maximum atomic E-state index is 6.82. The fourth-order valence-corrected chi connectivity index (χ4v) is 0.575. The molecule has 4 heteroatoms. The van der Waals surface area contributed by atoms with E-state index in [1.807, 2.05) is 6.92 Å². The molecule has 0 radical (unpaired) electrons. The molecule has 1 N–H and O–H groups in total. The molecular formula is C8H13NO3. The molecule has 0 aliphatic rings. The normalized spacial score (nSPS) is 12.0. The first kappa shape index (κ1) is 10.9. The summed E-state index contributed by atoms with van der Waals surface area (Å²) < 4.78 is 0. The Bertz CT molecular complexity index is 175. The maximum Gasteiger partial charge on any atom is 0.133 e. The Morgan fingerprint density at radius 2 is 2.25 bits per heavy atom. The van der Waals surface area contributed by atoms with Gasteiger partial charge in [-0.25, -0.2) is 0 Å². The van der Waals surface area contributed by atoms with Crippen LogP contribution in [-0.2, 0) is 14.8 Å². The van der Waals surface area contributed by atoms with Crippen LogP contribution in [0.5, 0.6) is 0 Å². The van der Waals surface area contributed by atoms with Crippen LogP contribution in [0.3, 0.4) is 0 Å². The lowest BCUT2D eigenvalue weighted by Gasteiger charge is -1.95. The van der Waals surface area contributed by atoms with Crippen molar-refractivity contribution in [2.75, 3.05) is 7.11 Å². The monoisotopic (exact) mass is 171 g/mol. The van der Waals surface area contributed by atoms with E-state index < -0.39 is 0 Å². The van der Waals surface area contributed by atoms with Crippen LogP contribution >= 0.6 is 0 Å². The van der Waals surface area contributed by atoms with Crippen molar-refractivity contribution < 1.29 is 14.8 Å². The van der Waals surface area contributed by atoms with Gasteiger partial charge in [0.15, 0.2) is 0 Å². The third-order valence-electron chi connectivity index (χ3n) is 1.15. The van der Waals surface area contributed by atoms with Gasteiger partial charge < -0.3 is 10.3 Å². The number of nitrogens with one attached hydrogen (secondary N) is 1. The first-order valence-electron chi connectivity index (χ1n) is 3.57. The van der Waals surface area contributed by atoms with Crippen molar-refractivity contribution in [1.29, 1.82) is 5.41 Å². The van der Waals surface area contributed by atoms with E-state index in [9.17, 15) is 0 Å². The molecule has 0 aromatic carbocycles. The van der Waals surface area contributed by atoms with Gasteiger partial charge in [-0.05, 0) is 29.2 Å². The van der Waals surface area contributed by atoms with Crippen molar-refractivity contribution in [2.45, 2.75) is 13.3 Å². The number of allylic oxidation sites excluding steroid dienone is 3. The summed E-state index contributed by atoms with van der Waals surface area (Å²) >= 11 is 0. The Balaban J connectivity index is 3.76. The molecule has 0 fully saturated rings. The number of rotatable bonds is 6. The van der Waals surface area contributed by atoms with Crippen LogP contribution in [-0.4, -0.2) is 13.3 Å². The molecule has 0 aromatic rings. The Hall–Kier alpha value is -1.13. The van der Waals surface area contributed by atoms with E-state index in [4.69, 9.17) is 5.41 Å². The molecule has 4 nitrogen and oxygen atoms in total. The fourth-order valence-electron chi connectivity index (χ4n) is 0.575. The molecule has 0 unspecified atom stereocenters. The summed E-state index contributed by atoms with van der Waals surface area (Å²) in [6.45, 7) is 1.98. The summed E-state index contributed by atoms with van der Waals surface area (Å²) in [5.41, 5.74) is 0.977. The SMILES string of the molecule is CC/C(C=COOOC)=C/C=N. The number of hydrogen-bond donors (Lipinski definition) is 1. The smallest absolute Gasteiger partial charge is 0.133 e. The largest absolute Gasteiger partial charge is 0.316 e. The van der Waals surface area contributed by atoms with Crippen LogP contribution in [0.2, 0.25) is 0 Å². The molecular weight excluding hydrogens is 158 g/mol. The van der Waals surface area contributed by atoms with Gasteiger partial charge in [0.05, 0.1) is 7.11 Å². The Morgan fingerprint density at radius 1 is 1.50 bits per heavy atom. The fraction of sp³-hybridized carbons (Fsp3) is 0.375. The highest BCUT2D eigenvalue weighted by molar-refractivity contribution is 5.69. The zero-order chi connectivity index (χ0) is 9.23. The predicted molar refractivity (Wildman–Crippen MR) is 45.5 cm³/mol. The molecule has 0 saturated carbocycles. The van der Waals surface area contributed by atoms with Crippen LogP contribution in [0.4, 0.5) is 0 Å². The third kappa shape index (κ3) is 5.64. The van der Waals surface area contributed by atoms with E-state index in [1.165, 1.54) is 19.6 Å². The topological polar surface area (TPSA) is 51.5 Å². The molecule has 0 atom stereocenters. The Morgan fingerprint density at radius 3 is 2.75 bits per heavy atom. The highest BCUT2D eigenvalue weighted by Crippen LogP contribution is 2.01. The van der Waals surface area contributed by atoms with Crippen LogP contribution in [0.25, 0.3) is 0 Å². The van der Waals surface area contributed by atoms with E-state index >= 15 is 0 Å². The van der Waals surface area contributed by atoms with Crippen molar-refractivity contribution in [1.82, 2.24) is 0 Å². The van der Waals surface area contributed by atoms with Gasteiger partial charge in [0.25, 0.3) is 0 Å². The predicted octanol–water partition coefficient (Wildman–Crippen LogP) is 2.00. The minimum absolute atomic E-state index is 0.836. The standard InChI is InChI=1S/C8H13NO3/c1-3-8(4-6-9)5-7-11-12-10-2/h4-7,9H,3H2,1-2H3/b7-5?,8-4-,9-6?. The van der Waals surface area contributed by atoms with Crippen molar-refractivity contribution in [3.63, 3.8) is 0 Å². The first-order chi connectivity index (χ1) is 5.85. The van der Waals surface area contributed by atoms with E-state index in [2.05, 4.69) is 14.8 Å². The molecule has 12 heavy (non-hydrogen) atoms. The summed E-state index contributed by atoms with van der Waals surface area (Å²) in [5.74, 6) is 0. The van der Waals surface area contributed by atoms with Gasteiger partial charge in [-0.15, -0.1) is 0 Å². The summed E-state index contributed by atoms with van der Waals surface area (Å²) in [5, 5.41) is 11.0. The zero-order valence-corrected chi connectivity index (χ0v) is 7.24. The highest BCUT2D eigenvalue weighted by Gasteiger charge is 1.85. The van der Waals surface area contributed by atoms with Crippen LogP contribution in [0.1, 0.15) is 13.3 Å². The lowest BCUT2D eigenvalue weighted by molar-refractivity contribution is -0.478. The van der Waals surface area contributed by atoms with Gasteiger partial charge in [0, 0.05) is 6.21 Å². The molecule has 0 aliphatic heterocycles. The van der Waals surface area contributed by atoms with Crippen molar-refractivity contribution in [3.8, 4) is 0 Å². The summed E-state index contributed by atoms with van der Waals surface area (Å²) in [6.07, 6.45) is 6.78. The second kappa shape index (κ2) is 7.97. The maximum absolute atomic E-state index is 6.82. The van der Waals surface area contributed by atoms with Gasteiger partial charge >= 0.3 is 0 Å². The minimum atomic E-state index is 0.836. The van der Waals surface area contributed by atoms with Gasteiger partial charge in [0.2, 0.25) is 0 Å². The molecule has 0 aromatic heterocycles. The van der Waals surface area contributed by atoms with E-state index in [1.54, 1.807) is 12.2 Å². The van der Waals surface area contributed by atoms with E-state index in [0.29, 0.717) is 0 Å². The molecule has 0 spiro atoms. The van der Waals surface area contributed by atoms with Crippen molar-refractivity contribution >= 4 is 6.21 Å². The highest BCUT2D eigenvalue weighted by atomic mass is 17.5. The van der Waals surface area contributed by atoms with Gasteiger partial charge in [-0.3, -0.25) is 0 Å². The average molecular weight is 171 g/mol. The van der Waals surface area contributed by atoms with Gasteiger partial charge in [-0.2, -0.15) is 4.89 Å². The van der Waals surface area contributed by atoms with E-state index in [-0.39, 0.29) is 0 Å². The van der Waals surface area contributed by atoms with Crippen LogP contribution < -0.4 is 0 Å². The molecule has 0 heterocycles. The quantitative estimate of drug-likeness (QED) is 0.166. The molecule has 68 valence electrons. The third-order valence-corrected chi connectivity index (χ3v) is 1.15. The average Bonchev–Trinajstić information content (AvgIpc) is 2.10.